The summed E-state index contributed by atoms with van der Waals surface area (Å²) in [4.78, 5) is 0. The minimum atomic E-state index is 0.602. The third kappa shape index (κ3) is 6.42. The molecule has 0 heterocycles. The number of hydrogen-bond donors (Lipinski definition) is 1. The van der Waals surface area contributed by atoms with E-state index in [9.17, 15) is 0 Å². The van der Waals surface area contributed by atoms with E-state index in [1.807, 2.05) is 12.1 Å². The molecular formula is C16H26ClN. The van der Waals surface area contributed by atoms with Gasteiger partial charge >= 0.3 is 0 Å². The van der Waals surface area contributed by atoms with Gasteiger partial charge < -0.3 is 5.73 Å². The summed E-state index contributed by atoms with van der Waals surface area (Å²) in [7, 11) is 0. The van der Waals surface area contributed by atoms with Crippen LogP contribution in [-0.2, 0) is 6.42 Å². The molecule has 1 aromatic carbocycles. The largest absolute Gasteiger partial charge is 0.330 e. The summed E-state index contributed by atoms with van der Waals surface area (Å²) in [5.74, 6) is 0.602. The molecule has 1 nitrogen and oxygen atoms in total. The second kappa shape index (κ2) is 9.41. The van der Waals surface area contributed by atoms with Gasteiger partial charge in [0.1, 0.15) is 0 Å². The maximum absolute atomic E-state index is 6.00. The second-order valence-electron chi connectivity index (χ2n) is 5.14. The Morgan fingerprint density at radius 1 is 1.17 bits per heavy atom. The summed E-state index contributed by atoms with van der Waals surface area (Å²) in [6.45, 7) is 3.03. The van der Waals surface area contributed by atoms with Gasteiger partial charge in [-0.25, -0.2) is 0 Å². The summed E-state index contributed by atoms with van der Waals surface area (Å²) < 4.78 is 0. The fraction of sp³-hybridized carbons (Fsp3) is 0.625. The molecule has 18 heavy (non-hydrogen) atoms. The maximum Gasteiger partial charge on any atom is 0.0408 e. The molecular weight excluding hydrogens is 242 g/mol. The Morgan fingerprint density at radius 3 is 2.61 bits per heavy atom. The number of halogens is 1. The Labute approximate surface area is 117 Å². The van der Waals surface area contributed by atoms with Crippen molar-refractivity contribution in [3.63, 3.8) is 0 Å². The molecule has 102 valence electrons. The predicted molar refractivity (Wildman–Crippen MR) is 81.1 cm³/mol. The average Bonchev–Trinajstić information content (AvgIpc) is 2.37. The van der Waals surface area contributed by atoms with Gasteiger partial charge in [0.2, 0.25) is 0 Å². The number of nitrogens with two attached hydrogens (primary N) is 1. The normalized spacial score (nSPS) is 12.6. The summed E-state index contributed by atoms with van der Waals surface area (Å²) in [5, 5.41) is 0.825. The number of hydrogen-bond acceptors (Lipinski definition) is 1. The van der Waals surface area contributed by atoms with E-state index < -0.39 is 0 Å². The third-order valence-electron chi connectivity index (χ3n) is 3.46. The van der Waals surface area contributed by atoms with E-state index in [0.717, 1.165) is 18.0 Å². The van der Waals surface area contributed by atoms with Crippen molar-refractivity contribution in [2.24, 2.45) is 11.7 Å². The first kappa shape index (κ1) is 15.5. The minimum Gasteiger partial charge on any atom is -0.330 e. The molecule has 0 spiro atoms. The maximum atomic E-state index is 6.00. The van der Waals surface area contributed by atoms with E-state index in [1.165, 1.54) is 44.1 Å². The Kier molecular flexibility index (Phi) is 8.11. The molecule has 1 rings (SSSR count). The molecule has 0 fully saturated rings. The minimum absolute atomic E-state index is 0.602. The fourth-order valence-corrected chi connectivity index (χ4v) is 2.55. The molecule has 0 amide bonds. The zero-order valence-corrected chi connectivity index (χ0v) is 12.3. The molecule has 0 aliphatic carbocycles. The van der Waals surface area contributed by atoms with Crippen molar-refractivity contribution in [3.8, 4) is 0 Å². The van der Waals surface area contributed by atoms with Crippen LogP contribution in [0, 0.1) is 5.92 Å². The lowest BCUT2D eigenvalue weighted by atomic mass is 9.93. The van der Waals surface area contributed by atoms with Crippen molar-refractivity contribution in [1.82, 2.24) is 0 Å². The van der Waals surface area contributed by atoms with Crippen LogP contribution in [0.2, 0.25) is 5.02 Å². The van der Waals surface area contributed by atoms with Gasteiger partial charge in [-0.15, -0.1) is 0 Å². The van der Waals surface area contributed by atoms with Crippen molar-refractivity contribution >= 4 is 11.6 Å². The van der Waals surface area contributed by atoms with Gasteiger partial charge in [-0.2, -0.15) is 0 Å². The van der Waals surface area contributed by atoms with Crippen LogP contribution in [0.25, 0.3) is 0 Å². The van der Waals surface area contributed by atoms with Gasteiger partial charge in [0.05, 0.1) is 0 Å². The van der Waals surface area contributed by atoms with E-state index >= 15 is 0 Å². The lowest BCUT2D eigenvalue weighted by molar-refractivity contribution is 0.458. The van der Waals surface area contributed by atoms with Crippen LogP contribution >= 0.6 is 11.6 Å². The zero-order valence-electron chi connectivity index (χ0n) is 11.5. The molecule has 0 saturated heterocycles. The van der Waals surface area contributed by atoms with E-state index in [0.29, 0.717) is 5.92 Å². The second-order valence-corrected chi connectivity index (χ2v) is 5.58. The molecule has 1 atom stereocenters. The first-order valence-corrected chi connectivity index (χ1v) is 7.58. The molecule has 0 bridgehead atoms. The Morgan fingerprint density at radius 2 is 1.94 bits per heavy atom. The van der Waals surface area contributed by atoms with Crippen molar-refractivity contribution in [2.75, 3.05) is 6.54 Å². The van der Waals surface area contributed by atoms with Crippen LogP contribution in [-0.4, -0.2) is 6.54 Å². The fourth-order valence-electron chi connectivity index (χ4n) is 2.34. The lowest BCUT2D eigenvalue weighted by Crippen LogP contribution is -2.16. The molecule has 2 heteroatoms. The summed E-state index contributed by atoms with van der Waals surface area (Å²) >= 11 is 6.00. The Balaban J connectivity index is 2.28. The number of unbranched alkanes of at least 4 members (excludes halogenated alkanes) is 4. The number of rotatable bonds is 9. The molecule has 0 radical (unpaired) electrons. The van der Waals surface area contributed by atoms with Gasteiger partial charge in [-0.1, -0.05) is 62.8 Å². The van der Waals surface area contributed by atoms with Crippen LogP contribution in [0.15, 0.2) is 24.3 Å². The standard InChI is InChI=1S/C16H26ClN/c1-2-3-4-5-6-8-15(13-18)11-14-9-7-10-16(17)12-14/h7,9-10,12,15H,2-6,8,11,13,18H2,1H3. The van der Waals surface area contributed by atoms with Crippen molar-refractivity contribution in [1.29, 1.82) is 0 Å². The van der Waals surface area contributed by atoms with Crippen LogP contribution < -0.4 is 5.73 Å². The highest BCUT2D eigenvalue weighted by Crippen LogP contribution is 2.18. The van der Waals surface area contributed by atoms with Gasteiger partial charge in [-0.05, 0) is 43.0 Å². The third-order valence-corrected chi connectivity index (χ3v) is 3.70. The van der Waals surface area contributed by atoms with Crippen LogP contribution in [0.1, 0.15) is 51.0 Å². The van der Waals surface area contributed by atoms with Crippen LogP contribution in [0.3, 0.4) is 0 Å². The average molecular weight is 268 g/mol. The quantitative estimate of drug-likeness (QED) is 0.638. The highest BCUT2D eigenvalue weighted by Gasteiger charge is 2.07. The monoisotopic (exact) mass is 267 g/mol. The highest BCUT2D eigenvalue weighted by atomic mass is 35.5. The van der Waals surface area contributed by atoms with Gasteiger partial charge in [0.25, 0.3) is 0 Å². The van der Waals surface area contributed by atoms with Crippen LogP contribution in [0.5, 0.6) is 0 Å². The zero-order chi connectivity index (χ0) is 13.2. The molecule has 1 unspecified atom stereocenters. The smallest absolute Gasteiger partial charge is 0.0408 e. The molecule has 0 aromatic heterocycles. The van der Waals surface area contributed by atoms with E-state index in [2.05, 4.69) is 19.1 Å². The highest BCUT2D eigenvalue weighted by molar-refractivity contribution is 6.30. The number of benzene rings is 1. The molecule has 1 aromatic rings. The predicted octanol–water partition coefficient (Wildman–Crippen LogP) is 4.82. The Hall–Kier alpha value is -0.530. The Bertz CT molecular complexity index is 325. The first-order valence-electron chi connectivity index (χ1n) is 7.20. The van der Waals surface area contributed by atoms with Gasteiger partial charge in [-0.3, -0.25) is 0 Å². The molecule has 0 saturated carbocycles. The summed E-state index contributed by atoms with van der Waals surface area (Å²) in [6, 6.07) is 8.15. The van der Waals surface area contributed by atoms with Gasteiger partial charge in [0.15, 0.2) is 0 Å². The molecule has 0 aliphatic rings. The van der Waals surface area contributed by atoms with Crippen molar-refractivity contribution in [3.05, 3.63) is 34.9 Å². The molecule has 0 aliphatic heterocycles. The summed E-state index contributed by atoms with van der Waals surface area (Å²) in [5.41, 5.74) is 7.18. The van der Waals surface area contributed by atoms with Crippen molar-refractivity contribution in [2.45, 2.75) is 51.9 Å². The van der Waals surface area contributed by atoms with Crippen molar-refractivity contribution < 1.29 is 0 Å². The van der Waals surface area contributed by atoms with E-state index in [-0.39, 0.29) is 0 Å². The van der Waals surface area contributed by atoms with Crippen LogP contribution in [0.4, 0.5) is 0 Å². The summed E-state index contributed by atoms with van der Waals surface area (Å²) in [6.07, 6.45) is 9.00. The molecule has 2 N–H and O–H groups in total. The van der Waals surface area contributed by atoms with E-state index in [4.69, 9.17) is 17.3 Å². The lowest BCUT2D eigenvalue weighted by Gasteiger charge is -2.14. The van der Waals surface area contributed by atoms with E-state index in [1.54, 1.807) is 0 Å². The van der Waals surface area contributed by atoms with Gasteiger partial charge in [0, 0.05) is 5.02 Å². The topological polar surface area (TPSA) is 26.0 Å². The SMILES string of the molecule is CCCCCCCC(CN)Cc1cccc(Cl)c1. The first-order chi connectivity index (χ1) is 8.76.